The van der Waals surface area contributed by atoms with Gasteiger partial charge >= 0.3 is 0 Å². The molecule has 0 unspecified atom stereocenters. The minimum absolute atomic E-state index is 0.0715. The monoisotopic (exact) mass is 492 g/mol. The first-order valence-corrected chi connectivity index (χ1v) is 11.8. The molecule has 0 saturated carbocycles. The molecule has 1 aliphatic heterocycles. The van der Waals surface area contributed by atoms with Crippen LogP contribution in [0.5, 0.6) is 0 Å². The molecule has 0 radical (unpaired) electrons. The molecule has 0 spiro atoms. The van der Waals surface area contributed by atoms with Crippen molar-refractivity contribution in [2.45, 2.75) is 6.54 Å². The second kappa shape index (κ2) is 8.86. The van der Waals surface area contributed by atoms with Gasteiger partial charge in [0, 0.05) is 60.9 Å². The zero-order chi connectivity index (χ0) is 21.2. The van der Waals surface area contributed by atoms with E-state index >= 15 is 0 Å². The van der Waals surface area contributed by atoms with Crippen LogP contribution in [0.3, 0.4) is 0 Å². The van der Waals surface area contributed by atoms with Gasteiger partial charge in [0.05, 0.1) is 20.6 Å². The number of nitrogens with zero attached hydrogens (tertiary/aromatic N) is 4. The van der Waals surface area contributed by atoms with Crippen LogP contribution >= 0.6 is 27.3 Å². The number of amides is 1. The highest BCUT2D eigenvalue weighted by molar-refractivity contribution is 9.11. The molecule has 3 aromatic heterocycles. The van der Waals surface area contributed by atoms with Crippen LogP contribution in [0.15, 0.2) is 70.8 Å². The lowest BCUT2D eigenvalue weighted by molar-refractivity contribution is 0.0631. The van der Waals surface area contributed by atoms with E-state index in [-0.39, 0.29) is 5.91 Å². The van der Waals surface area contributed by atoms with E-state index in [1.54, 1.807) is 23.7 Å². The summed E-state index contributed by atoms with van der Waals surface area (Å²) >= 11 is 5.30. The van der Waals surface area contributed by atoms with Gasteiger partial charge in [-0.15, -0.1) is 11.3 Å². The number of hydrogen-bond donors (Lipinski definition) is 0. The molecule has 156 valence electrons. The number of carbonyl (C=O) groups is 1. The summed E-state index contributed by atoms with van der Waals surface area (Å²) in [6.45, 7) is 4.13. The number of hydrogen-bond acceptors (Lipinski definition) is 5. The number of rotatable bonds is 4. The topological polar surface area (TPSA) is 49.3 Å². The number of benzene rings is 1. The molecule has 31 heavy (non-hydrogen) atoms. The van der Waals surface area contributed by atoms with E-state index < -0.39 is 0 Å². The third-order valence-corrected chi connectivity index (χ3v) is 7.18. The molecule has 1 fully saturated rings. The Balaban J connectivity index is 1.38. The quantitative estimate of drug-likeness (QED) is 0.398. The molecule has 0 bridgehead atoms. The van der Waals surface area contributed by atoms with Crippen molar-refractivity contribution in [3.63, 3.8) is 0 Å². The summed E-state index contributed by atoms with van der Waals surface area (Å²) in [5.74, 6) is 0.0715. The number of carbonyl (C=O) groups excluding carboxylic acids is 1. The maximum Gasteiger partial charge on any atom is 0.254 e. The Kier molecular flexibility index (Phi) is 5.80. The smallest absolute Gasteiger partial charge is 0.254 e. The second-order valence-corrected chi connectivity index (χ2v) is 10.1. The second-order valence-electron chi connectivity index (χ2n) is 7.59. The maximum atomic E-state index is 13.5. The summed E-state index contributed by atoms with van der Waals surface area (Å²) in [7, 11) is 0. The largest absolute Gasteiger partial charge is 0.336 e. The van der Waals surface area contributed by atoms with Crippen molar-refractivity contribution in [2.24, 2.45) is 0 Å². The maximum absolute atomic E-state index is 13.5. The number of aromatic nitrogens is 2. The Labute approximate surface area is 193 Å². The van der Waals surface area contributed by atoms with Crippen LogP contribution in [-0.2, 0) is 6.54 Å². The molecular weight excluding hydrogens is 472 g/mol. The zero-order valence-corrected chi connectivity index (χ0v) is 19.3. The van der Waals surface area contributed by atoms with E-state index in [1.165, 1.54) is 4.88 Å². The van der Waals surface area contributed by atoms with Gasteiger partial charge in [0.25, 0.3) is 5.91 Å². The van der Waals surface area contributed by atoms with Crippen molar-refractivity contribution in [2.75, 3.05) is 26.2 Å². The molecule has 5 nitrogen and oxygen atoms in total. The van der Waals surface area contributed by atoms with E-state index in [1.807, 2.05) is 47.4 Å². The van der Waals surface area contributed by atoms with Gasteiger partial charge in [-0.25, -0.2) is 4.98 Å². The summed E-state index contributed by atoms with van der Waals surface area (Å²) in [5.41, 5.74) is 3.22. The molecular formula is C24H21BrN4OS. The SMILES string of the molecule is O=C(c1cc(-c2cccnc2)nc2ccccc12)N1CCN(Cc2ccc(Br)s2)CC1. The molecule has 1 aromatic carbocycles. The van der Waals surface area contributed by atoms with E-state index in [9.17, 15) is 4.79 Å². The summed E-state index contributed by atoms with van der Waals surface area (Å²) in [4.78, 5) is 28.2. The Morgan fingerprint density at radius 1 is 1.03 bits per heavy atom. The fraction of sp³-hybridized carbons (Fsp3) is 0.208. The normalized spacial score (nSPS) is 14.8. The summed E-state index contributed by atoms with van der Waals surface area (Å²) < 4.78 is 1.16. The molecule has 1 saturated heterocycles. The third-order valence-electron chi connectivity index (χ3n) is 5.57. The Morgan fingerprint density at radius 2 is 1.87 bits per heavy atom. The lowest BCUT2D eigenvalue weighted by atomic mass is 10.0. The van der Waals surface area contributed by atoms with E-state index in [2.05, 4.69) is 37.9 Å². The highest BCUT2D eigenvalue weighted by Gasteiger charge is 2.24. The predicted octanol–water partition coefficient (Wildman–Crippen LogP) is 5.08. The van der Waals surface area contributed by atoms with Crippen LogP contribution < -0.4 is 0 Å². The van der Waals surface area contributed by atoms with Gasteiger partial charge in [-0.1, -0.05) is 18.2 Å². The van der Waals surface area contributed by atoms with E-state index in [0.717, 1.165) is 58.7 Å². The zero-order valence-electron chi connectivity index (χ0n) is 16.9. The molecule has 0 N–H and O–H groups in total. The minimum atomic E-state index is 0.0715. The van der Waals surface area contributed by atoms with Crippen LogP contribution in [0.4, 0.5) is 0 Å². The van der Waals surface area contributed by atoms with Gasteiger partial charge < -0.3 is 4.90 Å². The van der Waals surface area contributed by atoms with Gasteiger partial charge in [0.1, 0.15) is 0 Å². The summed E-state index contributed by atoms with van der Waals surface area (Å²) in [6, 6.07) is 17.9. The molecule has 4 heterocycles. The molecule has 0 aliphatic carbocycles. The van der Waals surface area contributed by atoms with Crippen molar-refractivity contribution < 1.29 is 4.79 Å². The van der Waals surface area contributed by atoms with Crippen LogP contribution in [0.2, 0.25) is 0 Å². The van der Waals surface area contributed by atoms with Crippen LogP contribution in [0, 0.1) is 0 Å². The van der Waals surface area contributed by atoms with Gasteiger partial charge in [0.15, 0.2) is 0 Å². The highest BCUT2D eigenvalue weighted by Crippen LogP contribution is 2.27. The number of piperazine rings is 1. The van der Waals surface area contributed by atoms with Crippen molar-refractivity contribution in [3.8, 4) is 11.3 Å². The number of pyridine rings is 2. The minimum Gasteiger partial charge on any atom is -0.336 e. The number of thiophene rings is 1. The first-order chi connectivity index (χ1) is 15.2. The number of fused-ring (bicyclic) bond motifs is 1. The third kappa shape index (κ3) is 4.39. The van der Waals surface area contributed by atoms with Crippen LogP contribution in [-0.4, -0.2) is 51.9 Å². The Hall–Kier alpha value is -2.61. The van der Waals surface area contributed by atoms with Crippen LogP contribution in [0.1, 0.15) is 15.2 Å². The summed E-state index contributed by atoms with van der Waals surface area (Å²) in [6.07, 6.45) is 3.53. The average Bonchev–Trinajstić information content (AvgIpc) is 3.23. The van der Waals surface area contributed by atoms with Gasteiger partial charge in [-0.2, -0.15) is 0 Å². The van der Waals surface area contributed by atoms with Crippen molar-refractivity contribution in [1.82, 2.24) is 19.8 Å². The molecule has 4 aromatic rings. The van der Waals surface area contributed by atoms with Gasteiger partial charge in [-0.3, -0.25) is 14.7 Å². The Morgan fingerprint density at radius 3 is 2.61 bits per heavy atom. The molecule has 7 heteroatoms. The number of para-hydroxylation sites is 1. The molecule has 0 atom stereocenters. The predicted molar refractivity (Wildman–Crippen MR) is 128 cm³/mol. The van der Waals surface area contributed by atoms with Crippen molar-refractivity contribution >= 4 is 44.1 Å². The fourth-order valence-corrected chi connectivity index (χ4v) is 5.48. The van der Waals surface area contributed by atoms with E-state index in [0.29, 0.717) is 5.56 Å². The molecule has 5 rings (SSSR count). The van der Waals surface area contributed by atoms with E-state index in [4.69, 9.17) is 4.98 Å². The highest BCUT2D eigenvalue weighted by atomic mass is 79.9. The summed E-state index contributed by atoms with van der Waals surface area (Å²) in [5, 5.41) is 0.894. The van der Waals surface area contributed by atoms with Crippen molar-refractivity contribution in [3.05, 3.63) is 81.2 Å². The standard InChI is InChI=1S/C24H21BrN4OS/c25-23-8-7-18(31-23)16-28-10-12-29(13-11-28)24(30)20-14-22(17-4-3-9-26-15-17)27-21-6-2-1-5-19(20)21/h1-9,14-15H,10-13,16H2. The number of halogens is 1. The molecule has 1 aliphatic rings. The van der Waals surface area contributed by atoms with Crippen LogP contribution in [0.25, 0.3) is 22.2 Å². The van der Waals surface area contributed by atoms with Gasteiger partial charge in [0.2, 0.25) is 0 Å². The lowest BCUT2D eigenvalue weighted by Gasteiger charge is -2.34. The first-order valence-electron chi connectivity index (χ1n) is 10.2. The fourth-order valence-electron chi connectivity index (χ4n) is 3.95. The van der Waals surface area contributed by atoms with Crippen molar-refractivity contribution in [1.29, 1.82) is 0 Å². The van der Waals surface area contributed by atoms with Gasteiger partial charge in [-0.05, 0) is 52.3 Å². The first kappa shape index (κ1) is 20.3. The average molecular weight is 493 g/mol. The lowest BCUT2D eigenvalue weighted by Crippen LogP contribution is -2.48. The Bertz CT molecular complexity index is 1220. The molecule has 1 amide bonds.